The summed E-state index contributed by atoms with van der Waals surface area (Å²) < 4.78 is 5.60. The van der Waals surface area contributed by atoms with E-state index in [1.165, 1.54) is 6.20 Å². The van der Waals surface area contributed by atoms with Gasteiger partial charge in [-0.2, -0.15) is 0 Å². The molecule has 2 aromatic rings. The van der Waals surface area contributed by atoms with E-state index in [9.17, 15) is 4.79 Å². The lowest BCUT2D eigenvalue weighted by molar-refractivity contribution is 0.0690. The molecule has 6 heteroatoms. The van der Waals surface area contributed by atoms with E-state index in [1.807, 2.05) is 13.8 Å². The topological polar surface area (TPSA) is 72.3 Å². The van der Waals surface area contributed by atoms with Gasteiger partial charge in [-0.25, -0.2) is 14.8 Å². The van der Waals surface area contributed by atoms with Gasteiger partial charge < -0.3 is 9.84 Å². The number of aromatic carboxylic acids is 1. The molecule has 0 atom stereocenters. The van der Waals surface area contributed by atoms with Gasteiger partial charge in [-0.1, -0.05) is 11.6 Å². The summed E-state index contributed by atoms with van der Waals surface area (Å²) in [6.07, 6.45) is 2.43. The lowest BCUT2D eigenvalue weighted by Crippen LogP contribution is -2.01. The van der Waals surface area contributed by atoms with Crippen molar-refractivity contribution in [3.8, 4) is 11.6 Å². The van der Waals surface area contributed by atoms with Gasteiger partial charge in [-0.15, -0.1) is 0 Å². The molecule has 19 heavy (non-hydrogen) atoms. The maximum Gasteiger partial charge on any atom is 0.356 e. The Morgan fingerprint density at radius 3 is 2.32 bits per heavy atom. The Labute approximate surface area is 114 Å². The van der Waals surface area contributed by atoms with Crippen LogP contribution in [0.25, 0.3) is 0 Å². The minimum absolute atomic E-state index is 0.128. The second-order valence-corrected chi connectivity index (χ2v) is 4.45. The number of halogens is 1. The van der Waals surface area contributed by atoms with Crippen molar-refractivity contribution in [1.82, 2.24) is 9.97 Å². The van der Waals surface area contributed by atoms with E-state index in [4.69, 9.17) is 21.4 Å². The van der Waals surface area contributed by atoms with Crippen LogP contribution in [0.1, 0.15) is 21.6 Å². The molecule has 0 amide bonds. The number of carboxylic acids is 1. The number of nitrogens with zero attached hydrogens (tertiary/aromatic N) is 2. The number of aromatic nitrogens is 2. The van der Waals surface area contributed by atoms with Crippen molar-refractivity contribution in [2.24, 2.45) is 0 Å². The number of hydrogen-bond acceptors (Lipinski definition) is 4. The third kappa shape index (κ3) is 3.00. The van der Waals surface area contributed by atoms with Gasteiger partial charge in [-0.05, 0) is 37.1 Å². The van der Waals surface area contributed by atoms with E-state index in [2.05, 4.69) is 9.97 Å². The van der Waals surface area contributed by atoms with Crippen LogP contribution >= 0.6 is 11.6 Å². The molecule has 1 aromatic carbocycles. The minimum Gasteiger partial charge on any atom is -0.476 e. The van der Waals surface area contributed by atoms with Gasteiger partial charge in [0.15, 0.2) is 5.69 Å². The van der Waals surface area contributed by atoms with Crippen LogP contribution in [0, 0.1) is 13.8 Å². The van der Waals surface area contributed by atoms with Gasteiger partial charge in [0.1, 0.15) is 5.75 Å². The largest absolute Gasteiger partial charge is 0.476 e. The first kappa shape index (κ1) is 13.3. The molecule has 0 radical (unpaired) electrons. The molecule has 0 saturated heterocycles. The fourth-order valence-corrected chi connectivity index (χ4v) is 1.97. The minimum atomic E-state index is -1.13. The van der Waals surface area contributed by atoms with Crippen LogP contribution < -0.4 is 4.74 Å². The highest BCUT2D eigenvalue weighted by Crippen LogP contribution is 2.30. The van der Waals surface area contributed by atoms with Crippen LogP contribution in [0.4, 0.5) is 0 Å². The van der Waals surface area contributed by atoms with Crippen molar-refractivity contribution >= 4 is 17.6 Å². The zero-order chi connectivity index (χ0) is 14.0. The second-order valence-electron chi connectivity index (χ2n) is 4.02. The van der Waals surface area contributed by atoms with Gasteiger partial charge in [0.05, 0.1) is 12.4 Å². The molecule has 1 N–H and O–H groups in total. The summed E-state index contributed by atoms with van der Waals surface area (Å²) >= 11 is 5.93. The Morgan fingerprint density at radius 2 is 1.84 bits per heavy atom. The third-order valence-electron chi connectivity index (χ3n) is 2.48. The Bertz CT molecular complexity index is 603. The number of rotatable bonds is 3. The summed E-state index contributed by atoms with van der Waals surface area (Å²) in [5, 5.41) is 9.36. The molecule has 5 nitrogen and oxygen atoms in total. The summed E-state index contributed by atoms with van der Waals surface area (Å²) in [5.41, 5.74) is 1.61. The predicted octanol–water partition coefficient (Wildman–Crippen LogP) is 3.24. The zero-order valence-electron chi connectivity index (χ0n) is 10.3. The molecule has 0 saturated carbocycles. The second kappa shape index (κ2) is 5.24. The maximum atomic E-state index is 10.7. The molecule has 0 spiro atoms. The molecule has 1 aromatic heterocycles. The van der Waals surface area contributed by atoms with Gasteiger partial charge in [-0.3, -0.25) is 0 Å². The molecule has 2 rings (SSSR count). The lowest BCUT2D eigenvalue weighted by atomic mass is 10.1. The molecule has 0 aliphatic carbocycles. The maximum absolute atomic E-state index is 10.7. The average molecular weight is 279 g/mol. The van der Waals surface area contributed by atoms with Gasteiger partial charge in [0.25, 0.3) is 0 Å². The van der Waals surface area contributed by atoms with Crippen molar-refractivity contribution < 1.29 is 14.6 Å². The SMILES string of the molecule is Cc1cc(Cl)cc(C)c1Oc1cnc(C(=O)O)cn1. The van der Waals surface area contributed by atoms with Gasteiger partial charge >= 0.3 is 5.97 Å². The first-order valence-electron chi connectivity index (χ1n) is 5.47. The Balaban J connectivity index is 2.29. The summed E-state index contributed by atoms with van der Waals surface area (Å²) in [7, 11) is 0. The third-order valence-corrected chi connectivity index (χ3v) is 2.70. The number of hydrogen-bond donors (Lipinski definition) is 1. The van der Waals surface area contributed by atoms with Crippen molar-refractivity contribution in [1.29, 1.82) is 0 Å². The zero-order valence-corrected chi connectivity index (χ0v) is 11.1. The van der Waals surface area contributed by atoms with Crippen LogP contribution in [0.2, 0.25) is 5.02 Å². The van der Waals surface area contributed by atoms with E-state index < -0.39 is 5.97 Å². The van der Waals surface area contributed by atoms with Crippen molar-refractivity contribution in [3.05, 3.63) is 46.4 Å². The van der Waals surface area contributed by atoms with Crippen LogP contribution in [-0.4, -0.2) is 21.0 Å². The molecule has 0 unspecified atom stereocenters. The predicted molar refractivity (Wildman–Crippen MR) is 70.0 cm³/mol. The van der Waals surface area contributed by atoms with Crippen molar-refractivity contribution in [2.45, 2.75) is 13.8 Å². The van der Waals surface area contributed by atoms with Crippen molar-refractivity contribution in [2.75, 3.05) is 0 Å². The Hall–Kier alpha value is -2.14. The van der Waals surface area contributed by atoms with E-state index in [1.54, 1.807) is 12.1 Å². The van der Waals surface area contributed by atoms with Crippen LogP contribution in [0.5, 0.6) is 11.6 Å². The molecule has 0 fully saturated rings. The quantitative estimate of drug-likeness (QED) is 0.933. The number of benzene rings is 1. The number of aryl methyl sites for hydroxylation is 2. The van der Waals surface area contributed by atoms with E-state index in [0.717, 1.165) is 17.3 Å². The van der Waals surface area contributed by atoms with Gasteiger partial charge in [0.2, 0.25) is 5.88 Å². The summed E-state index contributed by atoms with van der Waals surface area (Å²) in [5.74, 6) is -0.252. The summed E-state index contributed by atoms with van der Waals surface area (Å²) in [4.78, 5) is 18.3. The fourth-order valence-electron chi connectivity index (χ4n) is 1.64. The molecular weight excluding hydrogens is 268 g/mol. The molecular formula is C13H11ClN2O3. The Kier molecular flexibility index (Phi) is 3.66. The average Bonchev–Trinajstić information content (AvgIpc) is 2.34. The van der Waals surface area contributed by atoms with E-state index >= 15 is 0 Å². The smallest absolute Gasteiger partial charge is 0.356 e. The molecule has 98 valence electrons. The molecule has 0 aliphatic heterocycles. The number of carbonyl (C=O) groups is 1. The van der Waals surface area contributed by atoms with Crippen molar-refractivity contribution in [3.63, 3.8) is 0 Å². The normalized spacial score (nSPS) is 10.3. The number of ether oxygens (including phenoxy) is 1. The first-order valence-corrected chi connectivity index (χ1v) is 5.85. The van der Waals surface area contributed by atoms with E-state index in [-0.39, 0.29) is 11.6 Å². The van der Waals surface area contributed by atoms with Crippen LogP contribution in [-0.2, 0) is 0 Å². The summed E-state index contributed by atoms with van der Waals surface area (Å²) in [6.45, 7) is 3.74. The standard InChI is InChI=1S/C13H11ClN2O3/c1-7-3-9(14)4-8(2)12(7)19-11-6-15-10(5-16-11)13(17)18/h3-6H,1-2H3,(H,17,18). The van der Waals surface area contributed by atoms with E-state index in [0.29, 0.717) is 10.8 Å². The highest BCUT2D eigenvalue weighted by Gasteiger charge is 2.10. The lowest BCUT2D eigenvalue weighted by Gasteiger charge is -2.11. The van der Waals surface area contributed by atoms with Crippen LogP contribution in [0.15, 0.2) is 24.5 Å². The monoisotopic (exact) mass is 278 g/mol. The molecule has 1 heterocycles. The summed E-state index contributed by atoms with van der Waals surface area (Å²) in [6, 6.07) is 3.56. The molecule has 0 aliphatic rings. The highest BCUT2D eigenvalue weighted by molar-refractivity contribution is 6.30. The number of carboxylic acid groups (broad SMARTS) is 1. The Morgan fingerprint density at radius 1 is 1.21 bits per heavy atom. The first-order chi connectivity index (χ1) is 8.97. The highest BCUT2D eigenvalue weighted by atomic mass is 35.5. The fraction of sp³-hybridized carbons (Fsp3) is 0.154. The van der Waals surface area contributed by atoms with Crippen LogP contribution in [0.3, 0.4) is 0 Å². The van der Waals surface area contributed by atoms with Gasteiger partial charge in [0, 0.05) is 5.02 Å². The molecule has 0 bridgehead atoms.